The maximum absolute atomic E-state index is 12.9. The van der Waals surface area contributed by atoms with Gasteiger partial charge < -0.3 is 13.9 Å². The summed E-state index contributed by atoms with van der Waals surface area (Å²) in [5.41, 5.74) is 2.79. The fourth-order valence-electron chi connectivity index (χ4n) is 4.05. The highest BCUT2D eigenvalue weighted by atomic mass is 32.2. The number of benzene rings is 1. The normalized spacial score (nSPS) is 15.0. The van der Waals surface area contributed by atoms with Gasteiger partial charge in [0.15, 0.2) is 0 Å². The molecule has 0 saturated carbocycles. The van der Waals surface area contributed by atoms with Crippen molar-refractivity contribution >= 4 is 23.3 Å². The number of carbonyl (C=O) groups is 1. The number of hydrogen-bond acceptors (Lipinski definition) is 3. The fraction of sp³-hybridized carbons (Fsp3) is 0.250. The van der Waals surface area contributed by atoms with Gasteiger partial charge >= 0.3 is 0 Å². The molecule has 1 fully saturated rings. The van der Waals surface area contributed by atoms with Crippen molar-refractivity contribution in [2.45, 2.75) is 29.5 Å². The molecule has 4 heterocycles. The Hall–Kier alpha value is -2.99. The number of aromatic nitrogens is 3. The molecule has 3 aromatic heterocycles. The van der Waals surface area contributed by atoms with E-state index in [9.17, 15) is 4.79 Å². The maximum Gasteiger partial charge on any atom is 0.253 e. The van der Waals surface area contributed by atoms with Crippen LogP contribution in [0.1, 0.15) is 34.9 Å². The molecule has 1 amide bonds. The Kier molecular flexibility index (Phi) is 5.32. The van der Waals surface area contributed by atoms with Crippen molar-refractivity contribution in [3.63, 3.8) is 0 Å². The molecule has 30 heavy (non-hydrogen) atoms. The van der Waals surface area contributed by atoms with E-state index in [1.54, 1.807) is 11.8 Å². The van der Waals surface area contributed by atoms with Crippen LogP contribution in [0.25, 0.3) is 5.65 Å². The van der Waals surface area contributed by atoms with Crippen LogP contribution in [0.5, 0.6) is 0 Å². The summed E-state index contributed by atoms with van der Waals surface area (Å²) in [5, 5.41) is 0. The molecule has 0 spiro atoms. The van der Waals surface area contributed by atoms with Gasteiger partial charge in [0.05, 0.1) is 5.69 Å². The molecule has 0 N–H and O–H groups in total. The van der Waals surface area contributed by atoms with Gasteiger partial charge in [-0.15, -0.1) is 11.8 Å². The van der Waals surface area contributed by atoms with E-state index in [2.05, 4.69) is 40.3 Å². The maximum atomic E-state index is 12.9. The molecule has 0 bridgehead atoms. The zero-order valence-electron chi connectivity index (χ0n) is 16.7. The molecule has 5 rings (SSSR count). The van der Waals surface area contributed by atoms with E-state index < -0.39 is 0 Å². The van der Waals surface area contributed by atoms with Crippen molar-refractivity contribution in [3.8, 4) is 0 Å². The van der Waals surface area contributed by atoms with Gasteiger partial charge in [-0.2, -0.15) is 0 Å². The van der Waals surface area contributed by atoms with E-state index in [4.69, 9.17) is 0 Å². The molecule has 1 saturated heterocycles. The highest BCUT2D eigenvalue weighted by Gasteiger charge is 2.24. The quantitative estimate of drug-likeness (QED) is 0.434. The number of carbonyl (C=O) groups excluding carboxylic acids is 1. The monoisotopic (exact) mass is 416 g/mol. The first-order valence-corrected chi connectivity index (χ1v) is 11.3. The van der Waals surface area contributed by atoms with Crippen molar-refractivity contribution in [3.05, 3.63) is 90.6 Å². The molecule has 0 atom stereocenters. The van der Waals surface area contributed by atoms with Crippen LogP contribution >= 0.6 is 11.8 Å². The van der Waals surface area contributed by atoms with Crippen LogP contribution in [0.4, 0.5) is 0 Å². The smallest absolute Gasteiger partial charge is 0.253 e. The van der Waals surface area contributed by atoms with Crippen LogP contribution in [0, 0.1) is 0 Å². The SMILES string of the molecule is O=C(c1ccc(SCc2cn3ccccc3n2)cc1)N1CCC(n2cccc2)CC1. The lowest BCUT2D eigenvalue weighted by atomic mass is 10.0. The number of pyridine rings is 1. The number of nitrogens with zero attached hydrogens (tertiary/aromatic N) is 4. The summed E-state index contributed by atoms with van der Waals surface area (Å²) in [6.07, 6.45) is 10.3. The first kappa shape index (κ1) is 19.0. The van der Waals surface area contributed by atoms with Crippen molar-refractivity contribution in [2.75, 3.05) is 13.1 Å². The van der Waals surface area contributed by atoms with E-state index in [0.29, 0.717) is 6.04 Å². The lowest BCUT2D eigenvalue weighted by Gasteiger charge is -2.32. The molecule has 152 valence electrons. The Bertz CT molecular complexity index is 1090. The molecule has 0 unspecified atom stereocenters. The Morgan fingerprint density at radius 3 is 2.43 bits per heavy atom. The standard InChI is InChI=1S/C24H24N4OS/c29-24(27-15-10-21(11-16-27)26-12-3-4-13-26)19-6-8-22(9-7-19)30-18-20-17-28-14-2-1-5-23(28)25-20/h1-9,12-14,17,21H,10-11,15-16,18H2. The molecule has 0 aliphatic carbocycles. The van der Waals surface area contributed by atoms with E-state index in [1.807, 2.05) is 58.0 Å². The van der Waals surface area contributed by atoms with Crippen LogP contribution in [0.3, 0.4) is 0 Å². The van der Waals surface area contributed by atoms with Gasteiger partial charge in [0, 0.05) is 60.1 Å². The number of likely N-dealkylation sites (tertiary alicyclic amines) is 1. The molecule has 6 heteroatoms. The number of hydrogen-bond donors (Lipinski definition) is 0. The number of piperidine rings is 1. The fourth-order valence-corrected chi connectivity index (χ4v) is 4.83. The van der Waals surface area contributed by atoms with E-state index >= 15 is 0 Å². The van der Waals surface area contributed by atoms with Crippen LogP contribution in [0.2, 0.25) is 0 Å². The van der Waals surface area contributed by atoms with Gasteiger partial charge in [-0.1, -0.05) is 6.07 Å². The number of fused-ring (bicyclic) bond motifs is 1. The lowest BCUT2D eigenvalue weighted by Crippen LogP contribution is -2.38. The second-order valence-corrected chi connectivity index (χ2v) is 8.71. The van der Waals surface area contributed by atoms with Gasteiger partial charge in [0.2, 0.25) is 0 Å². The number of thioether (sulfide) groups is 1. The summed E-state index contributed by atoms with van der Waals surface area (Å²) < 4.78 is 4.30. The van der Waals surface area contributed by atoms with Gasteiger partial charge in [-0.05, 0) is 61.4 Å². The molecule has 1 aliphatic heterocycles. The third-order valence-corrected chi connectivity index (χ3v) is 6.75. The summed E-state index contributed by atoms with van der Waals surface area (Å²) >= 11 is 1.74. The molecule has 4 aromatic rings. The van der Waals surface area contributed by atoms with E-state index in [-0.39, 0.29) is 5.91 Å². The van der Waals surface area contributed by atoms with Gasteiger partial charge in [0.25, 0.3) is 5.91 Å². The Morgan fingerprint density at radius 1 is 0.967 bits per heavy atom. The molecule has 0 radical (unpaired) electrons. The summed E-state index contributed by atoms with van der Waals surface area (Å²) in [7, 11) is 0. The van der Waals surface area contributed by atoms with Gasteiger partial charge in [-0.3, -0.25) is 4.79 Å². The Labute approximate surface area is 180 Å². The Balaban J connectivity index is 1.17. The first-order valence-electron chi connectivity index (χ1n) is 10.3. The van der Waals surface area contributed by atoms with Crippen LogP contribution < -0.4 is 0 Å². The van der Waals surface area contributed by atoms with Crippen molar-refractivity contribution in [1.82, 2.24) is 18.9 Å². The predicted octanol–water partition coefficient (Wildman–Crippen LogP) is 4.91. The van der Waals surface area contributed by atoms with E-state index in [0.717, 1.165) is 53.5 Å². The summed E-state index contributed by atoms with van der Waals surface area (Å²) in [5.74, 6) is 0.944. The second kappa shape index (κ2) is 8.40. The van der Waals surface area contributed by atoms with Gasteiger partial charge in [0.1, 0.15) is 5.65 Å². The number of rotatable bonds is 5. The minimum atomic E-state index is 0.137. The van der Waals surface area contributed by atoms with Crippen LogP contribution in [0.15, 0.2) is 84.3 Å². The lowest BCUT2D eigenvalue weighted by molar-refractivity contribution is 0.0694. The zero-order valence-corrected chi connectivity index (χ0v) is 17.5. The zero-order chi connectivity index (χ0) is 20.3. The molecule has 5 nitrogen and oxygen atoms in total. The minimum absolute atomic E-state index is 0.137. The minimum Gasteiger partial charge on any atom is -0.351 e. The van der Waals surface area contributed by atoms with Crippen LogP contribution in [-0.2, 0) is 5.75 Å². The third kappa shape index (κ3) is 4.00. The molecular weight excluding hydrogens is 392 g/mol. The summed E-state index contributed by atoms with van der Waals surface area (Å²) in [6, 6.07) is 18.6. The Morgan fingerprint density at radius 2 is 1.70 bits per heavy atom. The second-order valence-electron chi connectivity index (χ2n) is 7.67. The molecule has 1 aromatic carbocycles. The van der Waals surface area contributed by atoms with Gasteiger partial charge in [-0.25, -0.2) is 4.98 Å². The summed E-state index contributed by atoms with van der Waals surface area (Å²) in [6.45, 7) is 1.62. The average molecular weight is 417 g/mol. The van der Waals surface area contributed by atoms with Crippen molar-refractivity contribution < 1.29 is 4.79 Å². The van der Waals surface area contributed by atoms with Crippen molar-refractivity contribution in [1.29, 1.82) is 0 Å². The van der Waals surface area contributed by atoms with Crippen molar-refractivity contribution in [2.24, 2.45) is 0 Å². The highest BCUT2D eigenvalue weighted by Crippen LogP contribution is 2.26. The number of imidazole rings is 1. The van der Waals surface area contributed by atoms with E-state index in [1.165, 1.54) is 0 Å². The van der Waals surface area contributed by atoms with Crippen LogP contribution in [-0.4, -0.2) is 37.8 Å². The number of amides is 1. The highest BCUT2D eigenvalue weighted by molar-refractivity contribution is 7.98. The first-order chi connectivity index (χ1) is 14.8. The average Bonchev–Trinajstić information content (AvgIpc) is 3.47. The predicted molar refractivity (Wildman–Crippen MR) is 120 cm³/mol. The topological polar surface area (TPSA) is 42.5 Å². The largest absolute Gasteiger partial charge is 0.351 e. The third-order valence-electron chi connectivity index (χ3n) is 5.70. The molecule has 1 aliphatic rings. The molecular formula is C24H24N4OS. The summed E-state index contributed by atoms with van der Waals surface area (Å²) in [4.78, 5) is 20.7.